The fourth-order valence-corrected chi connectivity index (χ4v) is 2.79. The Labute approximate surface area is 138 Å². The van der Waals surface area contributed by atoms with E-state index >= 15 is 0 Å². The van der Waals surface area contributed by atoms with Gasteiger partial charge in [0.05, 0.1) is 17.5 Å². The summed E-state index contributed by atoms with van der Waals surface area (Å²) in [5, 5.41) is 5.48. The fourth-order valence-electron chi connectivity index (χ4n) is 2.79. The van der Waals surface area contributed by atoms with Gasteiger partial charge in [-0.15, -0.1) is 0 Å². The molecule has 1 heterocycles. The third kappa shape index (κ3) is 4.72. The lowest BCUT2D eigenvalue weighted by molar-refractivity contribution is -0.137. The third-order valence-corrected chi connectivity index (χ3v) is 4.15. The van der Waals surface area contributed by atoms with E-state index in [4.69, 9.17) is 0 Å². The highest BCUT2D eigenvalue weighted by atomic mass is 19.4. The number of carbonyl (C=O) groups excluding carboxylic acids is 2. The highest BCUT2D eigenvalue weighted by molar-refractivity contribution is 5.83. The second-order valence-corrected chi connectivity index (χ2v) is 6.01. The second kappa shape index (κ2) is 7.68. The van der Waals surface area contributed by atoms with Gasteiger partial charge < -0.3 is 10.6 Å². The maximum Gasteiger partial charge on any atom is 0.416 e. The molecule has 0 unspecified atom stereocenters. The Hall–Kier alpha value is -2.05. The van der Waals surface area contributed by atoms with E-state index in [1.807, 2.05) is 6.92 Å². The Morgan fingerprint density at radius 3 is 2.75 bits per heavy atom. The number of hydrogen-bond acceptors (Lipinski definition) is 2. The number of benzene rings is 1. The van der Waals surface area contributed by atoms with E-state index < -0.39 is 17.8 Å². The summed E-state index contributed by atoms with van der Waals surface area (Å²) in [6.07, 6.45) is -2.39. The van der Waals surface area contributed by atoms with Crippen molar-refractivity contribution < 1.29 is 22.8 Å². The molecule has 1 fully saturated rings. The number of piperidine rings is 1. The molecule has 2 N–H and O–H groups in total. The number of rotatable bonds is 5. The van der Waals surface area contributed by atoms with Crippen LogP contribution in [-0.4, -0.2) is 18.4 Å². The zero-order valence-electron chi connectivity index (χ0n) is 13.5. The van der Waals surface area contributed by atoms with Gasteiger partial charge in [0, 0.05) is 13.0 Å². The Morgan fingerprint density at radius 1 is 1.42 bits per heavy atom. The van der Waals surface area contributed by atoms with E-state index in [9.17, 15) is 22.8 Å². The van der Waals surface area contributed by atoms with Crippen molar-refractivity contribution >= 4 is 11.8 Å². The Bertz CT molecular complexity index is 592. The van der Waals surface area contributed by atoms with Gasteiger partial charge in [-0.25, -0.2) is 0 Å². The van der Waals surface area contributed by atoms with Crippen molar-refractivity contribution in [3.05, 3.63) is 35.4 Å². The molecule has 7 heteroatoms. The van der Waals surface area contributed by atoms with Crippen molar-refractivity contribution in [1.82, 2.24) is 10.6 Å². The number of alkyl halides is 3. The standard InChI is InChI=1S/C17H21F3N2O2/c1-2-4-14(11-5-3-6-13(9-11)17(18,19)20)22-16(24)12-7-8-15(23)21-10-12/h3,5-6,9,12,14H,2,4,7-8,10H2,1H3,(H,21,23)(H,22,24)/t12-,14-/m1/s1. The first kappa shape index (κ1) is 18.3. The van der Waals surface area contributed by atoms with Gasteiger partial charge in [0.1, 0.15) is 0 Å². The van der Waals surface area contributed by atoms with E-state index in [2.05, 4.69) is 10.6 Å². The molecular formula is C17H21F3N2O2. The topological polar surface area (TPSA) is 58.2 Å². The zero-order chi connectivity index (χ0) is 17.7. The van der Waals surface area contributed by atoms with Crippen LogP contribution in [0.25, 0.3) is 0 Å². The highest BCUT2D eigenvalue weighted by Crippen LogP contribution is 2.31. The van der Waals surface area contributed by atoms with Crippen LogP contribution in [0, 0.1) is 5.92 Å². The average molecular weight is 342 g/mol. The predicted octanol–water partition coefficient (Wildman–Crippen LogP) is 3.19. The van der Waals surface area contributed by atoms with E-state index in [1.165, 1.54) is 6.07 Å². The van der Waals surface area contributed by atoms with Gasteiger partial charge in [0.2, 0.25) is 11.8 Å². The third-order valence-electron chi connectivity index (χ3n) is 4.15. The minimum Gasteiger partial charge on any atom is -0.355 e. The van der Waals surface area contributed by atoms with Crippen molar-refractivity contribution in [3.8, 4) is 0 Å². The molecule has 132 valence electrons. The van der Waals surface area contributed by atoms with Crippen molar-refractivity contribution in [2.45, 2.75) is 44.8 Å². The number of carbonyl (C=O) groups is 2. The molecule has 0 bridgehead atoms. The summed E-state index contributed by atoms with van der Waals surface area (Å²) in [4.78, 5) is 23.5. The van der Waals surface area contributed by atoms with Crippen LogP contribution in [0.4, 0.5) is 13.2 Å². The van der Waals surface area contributed by atoms with Crippen LogP contribution in [0.15, 0.2) is 24.3 Å². The Balaban J connectivity index is 2.11. The summed E-state index contributed by atoms with van der Waals surface area (Å²) >= 11 is 0. The first-order valence-electron chi connectivity index (χ1n) is 8.05. The SMILES string of the molecule is CCC[C@@H](NC(=O)[C@@H]1CCC(=O)NC1)c1cccc(C(F)(F)F)c1. The molecule has 1 aromatic carbocycles. The van der Waals surface area contributed by atoms with E-state index in [0.717, 1.165) is 18.6 Å². The Morgan fingerprint density at radius 2 is 2.17 bits per heavy atom. The maximum absolute atomic E-state index is 12.9. The normalized spacial score (nSPS) is 19.5. The van der Waals surface area contributed by atoms with Crippen LogP contribution in [0.3, 0.4) is 0 Å². The number of halogens is 3. The summed E-state index contributed by atoms with van der Waals surface area (Å²) in [5.74, 6) is -0.652. The molecule has 0 aromatic heterocycles. The minimum absolute atomic E-state index is 0.0814. The largest absolute Gasteiger partial charge is 0.416 e. The molecule has 2 amide bonds. The monoisotopic (exact) mass is 342 g/mol. The number of nitrogens with one attached hydrogen (secondary N) is 2. The summed E-state index contributed by atoms with van der Waals surface area (Å²) in [5.41, 5.74) is -0.278. The molecule has 1 aliphatic rings. The van der Waals surface area contributed by atoms with Gasteiger partial charge in [0.15, 0.2) is 0 Å². The van der Waals surface area contributed by atoms with E-state index in [1.54, 1.807) is 6.07 Å². The van der Waals surface area contributed by atoms with Crippen molar-refractivity contribution in [3.63, 3.8) is 0 Å². The quantitative estimate of drug-likeness (QED) is 0.863. The number of amides is 2. The fraction of sp³-hybridized carbons (Fsp3) is 0.529. The lowest BCUT2D eigenvalue weighted by Crippen LogP contribution is -2.43. The van der Waals surface area contributed by atoms with Gasteiger partial charge in [0.25, 0.3) is 0 Å². The maximum atomic E-state index is 12.9. The molecule has 1 aromatic rings. The van der Waals surface area contributed by atoms with Gasteiger partial charge in [-0.1, -0.05) is 25.5 Å². The van der Waals surface area contributed by atoms with Crippen molar-refractivity contribution in [2.24, 2.45) is 5.92 Å². The minimum atomic E-state index is -4.41. The van der Waals surface area contributed by atoms with Crippen molar-refractivity contribution in [1.29, 1.82) is 0 Å². The molecule has 1 aliphatic heterocycles. The highest BCUT2D eigenvalue weighted by Gasteiger charge is 2.31. The van der Waals surface area contributed by atoms with E-state index in [-0.39, 0.29) is 24.3 Å². The zero-order valence-corrected chi connectivity index (χ0v) is 13.5. The average Bonchev–Trinajstić information content (AvgIpc) is 2.54. The molecule has 4 nitrogen and oxygen atoms in total. The molecule has 24 heavy (non-hydrogen) atoms. The van der Waals surface area contributed by atoms with Crippen LogP contribution in [0.2, 0.25) is 0 Å². The van der Waals surface area contributed by atoms with Crippen LogP contribution in [0.5, 0.6) is 0 Å². The number of hydrogen-bond donors (Lipinski definition) is 2. The van der Waals surface area contributed by atoms with Gasteiger partial charge in [-0.2, -0.15) is 13.2 Å². The molecule has 2 rings (SSSR count). The smallest absolute Gasteiger partial charge is 0.355 e. The first-order valence-corrected chi connectivity index (χ1v) is 8.05. The molecule has 1 saturated heterocycles. The van der Waals surface area contributed by atoms with Crippen LogP contribution in [-0.2, 0) is 15.8 Å². The van der Waals surface area contributed by atoms with Crippen LogP contribution < -0.4 is 10.6 Å². The molecular weight excluding hydrogens is 321 g/mol. The molecule has 0 spiro atoms. The molecule has 0 aliphatic carbocycles. The van der Waals surface area contributed by atoms with Gasteiger partial charge in [-0.3, -0.25) is 9.59 Å². The van der Waals surface area contributed by atoms with Crippen LogP contribution >= 0.6 is 0 Å². The van der Waals surface area contributed by atoms with Crippen molar-refractivity contribution in [2.75, 3.05) is 6.54 Å². The van der Waals surface area contributed by atoms with Crippen LogP contribution in [0.1, 0.15) is 49.8 Å². The second-order valence-electron chi connectivity index (χ2n) is 6.01. The van der Waals surface area contributed by atoms with Gasteiger partial charge >= 0.3 is 6.18 Å². The molecule has 2 atom stereocenters. The van der Waals surface area contributed by atoms with E-state index in [0.29, 0.717) is 24.8 Å². The lowest BCUT2D eigenvalue weighted by atomic mass is 9.95. The predicted molar refractivity (Wildman–Crippen MR) is 83.0 cm³/mol. The summed E-state index contributed by atoms with van der Waals surface area (Å²) in [6, 6.07) is 4.59. The molecule has 0 radical (unpaired) electrons. The molecule has 0 saturated carbocycles. The Kier molecular flexibility index (Phi) is 5.85. The summed E-state index contributed by atoms with van der Waals surface area (Å²) < 4.78 is 38.6. The first-order chi connectivity index (χ1) is 11.3. The lowest BCUT2D eigenvalue weighted by Gasteiger charge is -2.26. The van der Waals surface area contributed by atoms with Gasteiger partial charge in [-0.05, 0) is 30.5 Å². The summed E-state index contributed by atoms with van der Waals surface area (Å²) in [6.45, 7) is 2.18. The summed E-state index contributed by atoms with van der Waals surface area (Å²) in [7, 11) is 0.